The van der Waals surface area contributed by atoms with Crippen LogP contribution in [0.5, 0.6) is 5.75 Å². The van der Waals surface area contributed by atoms with Gasteiger partial charge < -0.3 is 14.8 Å². The average molecular weight is 293 g/mol. The van der Waals surface area contributed by atoms with E-state index in [4.69, 9.17) is 9.47 Å². The van der Waals surface area contributed by atoms with Crippen molar-refractivity contribution in [3.05, 3.63) is 29.3 Å². The van der Waals surface area contributed by atoms with Gasteiger partial charge in [0, 0.05) is 6.42 Å². The summed E-state index contributed by atoms with van der Waals surface area (Å²) in [7, 11) is 1.40. The van der Waals surface area contributed by atoms with Gasteiger partial charge in [-0.25, -0.2) is 0 Å². The van der Waals surface area contributed by atoms with E-state index < -0.39 is 0 Å². The van der Waals surface area contributed by atoms with Crippen molar-refractivity contribution in [2.24, 2.45) is 0 Å². The van der Waals surface area contributed by atoms with E-state index in [-0.39, 0.29) is 12.0 Å². The molecule has 0 aliphatic heterocycles. The lowest BCUT2D eigenvalue weighted by atomic mass is 9.98. The van der Waals surface area contributed by atoms with Gasteiger partial charge in [0.2, 0.25) is 0 Å². The molecule has 21 heavy (non-hydrogen) atoms. The third-order valence-electron chi connectivity index (χ3n) is 3.47. The monoisotopic (exact) mass is 293 g/mol. The van der Waals surface area contributed by atoms with Crippen molar-refractivity contribution < 1.29 is 14.3 Å². The lowest BCUT2D eigenvalue weighted by Gasteiger charge is -2.16. The number of aryl methyl sites for hydroxylation is 1. The van der Waals surface area contributed by atoms with E-state index in [0.29, 0.717) is 18.9 Å². The Labute approximate surface area is 127 Å². The minimum atomic E-state index is -0.309. The minimum absolute atomic E-state index is 0.244. The minimum Gasteiger partial charge on any atom is -0.494 e. The predicted molar refractivity (Wildman–Crippen MR) is 84.9 cm³/mol. The van der Waals surface area contributed by atoms with Crippen LogP contribution in [0.4, 0.5) is 0 Å². The smallest absolute Gasteiger partial charge is 0.322 e. The third kappa shape index (κ3) is 5.38. The molecule has 0 aliphatic carbocycles. The molecule has 1 aromatic rings. The van der Waals surface area contributed by atoms with E-state index in [1.807, 2.05) is 13.0 Å². The molecule has 1 N–H and O–H groups in total. The predicted octanol–water partition coefficient (Wildman–Crippen LogP) is 3.04. The van der Waals surface area contributed by atoms with Crippen LogP contribution in [0.25, 0.3) is 0 Å². The number of hydrogen-bond donors (Lipinski definition) is 1. The van der Waals surface area contributed by atoms with Crippen molar-refractivity contribution in [2.75, 3.05) is 20.3 Å². The number of ether oxygens (including phenoxy) is 2. The Morgan fingerprint density at radius 2 is 2.05 bits per heavy atom. The maximum atomic E-state index is 11.6. The molecule has 0 saturated heterocycles. The van der Waals surface area contributed by atoms with Crippen LogP contribution in [0.2, 0.25) is 0 Å². The maximum absolute atomic E-state index is 11.6. The Hall–Kier alpha value is -1.55. The number of rotatable bonds is 8. The lowest BCUT2D eigenvalue weighted by Crippen LogP contribution is -2.38. The summed E-state index contributed by atoms with van der Waals surface area (Å²) in [5.74, 6) is 1.11. The molecule has 0 aliphatic rings. The zero-order chi connectivity index (χ0) is 15.8. The van der Waals surface area contributed by atoms with E-state index >= 15 is 0 Å². The quantitative estimate of drug-likeness (QED) is 0.748. The number of carbonyl (C=O) groups excluding carboxylic acids is 1. The summed E-state index contributed by atoms with van der Waals surface area (Å²) in [6.07, 6.45) is 0.589. The fraction of sp³-hybridized carbons (Fsp3) is 0.588. The normalized spacial score (nSPS) is 12.3. The van der Waals surface area contributed by atoms with E-state index in [9.17, 15) is 4.79 Å². The highest BCUT2D eigenvalue weighted by molar-refractivity contribution is 5.75. The summed E-state index contributed by atoms with van der Waals surface area (Å²) in [4.78, 5) is 11.6. The highest BCUT2D eigenvalue weighted by Crippen LogP contribution is 2.23. The van der Waals surface area contributed by atoms with Crippen LogP contribution >= 0.6 is 0 Å². The van der Waals surface area contributed by atoms with Crippen molar-refractivity contribution in [2.45, 2.75) is 46.1 Å². The molecule has 0 saturated carbocycles. The van der Waals surface area contributed by atoms with Gasteiger partial charge in [0.15, 0.2) is 0 Å². The molecule has 4 heteroatoms. The highest BCUT2D eigenvalue weighted by Gasteiger charge is 2.17. The molecule has 0 amide bonds. The van der Waals surface area contributed by atoms with Gasteiger partial charge in [-0.3, -0.25) is 4.79 Å². The molecule has 1 unspecified atom stereocenters. The van der Waals surface area contributed by atoms with Crippen LogP contribution in [-0.2, 0) is 9.53 Å². The van der Waals surface area contributed by atoms with Crippen LogP contribution in [-0.4, -0.2) is 32.3 Å². The van der Waals surface area contributed by atoms with Gasteiger partial charge in [0.1, 0.15) is 11.8 Å². The van der Waals surface area contributed by atoms with E-state index in [2.05, 4.69) is 38.2 Å². The first-order valence-corrected chi connectivity index (χ1v) is 7.54. The second-order valence-electron chi connectivity index (χ2n) is 5.44. The number of benzene rings is 1. The average Bonchev–Trinajstić information content (AvgIpc) is 2.45. The molecule has 0 fully saturated rings. The summed E-state index contributed by atoms with van der Waals surface area (Å²) >= 11 is 0. The molecule has 4 nitrogen and oxygen atoms in total. The molecule has 118 valence electrons. The molecular weight excluding hydrogens is 266 g/mol. The Bertz CT molecular complexity index is 457. The van der Waals surface area contributed by atoms with Crippen molar-refractivity contribution in [1.29, 1.82) is 0 Å². The number of esters is 1. The largest absolute Gasteiger partial charge is 0.494 e. The van der Waals surface area contributed by atoms with Gasteiger partial charge in [0.25, 0.3) is 0 Å². The molecule has 0 radical (unpaired) electrons. The first-order valence-electron chi connectivity index (χ1n) is 7.54. The van der Waals surface area contributed by atoms with E-state index in [0.717, 1.165) is 12.3 Å². The van der Waals surface area contributed by atoms with Crippen molar-refractivity contribution >= 4 is 5.97 Å². The van der Waals surface area contributed by atoms with Gasteiger partial charge in [0.05, 0.1) is 13.7 Å². The maximum Gasteiger partial charge on any atom is 0.322 e. The van der Waals surface area contributed by atoms with E-state index in [1.54, 1.807) is 0 Å². The molecule has 1 aromatic carbocycles. The molecule has 1 atom stereocenters. The summed E-state index contributed by atoms with van der Waals surface area (Å²) in [6.45, 7) is 9.62. The highest BCUT2D eigenvalue weighted by atomic mass is 16.5. The number of hydrogen-bond acceptors (Lipinski definition) is 4. The number of carbonyl (C=O) groups is 1. The molecule has 0 aromatic heterocycles. The Morgan fingerprint density at radius 1 is 1.33 bits per heavy atom. The van der Waals surface area contributed by atoms with Crippen LogP contribution in [0.1, 0.15) is 44.2 Å². The first kappa shape index (κ1) is 17.5. The van der Waals surface area contributed by atoms with Gasteiger partial charge in [-0.15, -0.1) is 0 Å². The van der Waals surface area contributed by atoms with Gasteiger partial charge >= 0.3 is 5.97 Å². The summed E-state index contributed by atoms with van der Waals surface area (Å²) in [5, 5.41) is 3.10. The SMILES string of the molecule is CCNC(CCOc1ccc(C(C)C)c(C)c1)C(=O)OC. The van der Waals surface area contributed by atoms with Crippen molar-refractivity contribution in [3.63, 3.8) is 0 Å². The third-order valence-corrected chi connectivity index (χ3v) is 3.47. The van der Waals surface area contributed by atoms with Crippen molar-refractivity contribution in [3.8, 4) is 5.75 Å². The van der Waals surface area contributed by atoms with Crippen LogP contribution in [0.3, 0.4) is 0 Å². The molecule has 0 spiro atoms. The fourth-order valence-corrected chi connectivity index (χ4v) is 2.37. The fourth-order valence-electron chi connectivity index (χ4n) is 2.37. The molecule has 0 bridgehead atoms. The lowest BCUT2D eigenvalue weighted by molar-refractivity contribution is -0.143. The van der Waals surface area contributed by atoms with Crippen LogP contribution in [0, 0.1) is 6.92 Å². The van der Waals surface area contributed by atoms with Crippen molar-refractivity contribution in [1.82, 2.24) is 5.32 Å². The second-order valence-corrected chi connectivity index (χ2v) is 5.44. The Balaban J connectivity index is 2.55. The Kier molecular flexibility index (Phi) is 7.23. The zero-order valence-electron chi connectivity index (χ0n) is 13.7. The number of methoxy groups -OCH3 is 1. The summed E-state index contributed by atoms with van der Waals surface area (Å²) in [6, 6.07) is 5.84. The molecule has 1 rings (SSSR count). The first-order chi connectivity index (χ1) is 9.99. The van der Waals surface area contributed by atoms with Crippen LogP contribution in [0.15, 0.2) is 18.2 Å². The van der Waals surface area contributed by atoms with Gasteiger partial charge in [-0.05, 0) is 42.6 Å². The van der Waals surface area contributed by atoms with E-state index in [1.165, 1.54) is 18.2 Å². The summed E-state index contributed by atoms with van der Waals surface area (Å²) in [5.41, 5.74) is 2.57. The molecule has 0 heterocycles. The second kappa shape index (κ2) is 8.67. The number of likely N-dealkylation sites (N-methyl/N-ethyl adjacent to an activating group) is 1. The molecular formula is C17H27NO3. The standard InChI is InChI=1S/C17H27NO3/c1-6-18-16(17(19)20-5)9-10-21-14-7-8-15(12(2)3)13(4)11-14/h7-8,11-12,16,18H,6,9-10H2,1-5H3. The summed E-state index contributed by atoms with van der Waals surface area (Å²) < 4.78 is 10.5. The Morgan fingerprint density at radius 3 is 2.57 bits per heavy atom. The van der Waals surface area contributed by atoms with Crippen LogP contribution < -0.4 is 10.1 Å². The topological polar surface area (TPSA) is 47.6 Å². The van der Waals surface area contributed by atoms with Gasteiger partial charge in [-0.1, -0.05) is 26.8 Å². The number of nitrogens with one attached hydrogen (secondary N) is 1. The van der Waals surface area contributed by atoms with Gasteiger partial charge in [-0.2, -0.15) is 0 Å². The zero-order valence-corrected chi connectivity index (χ0v) is 13.7.